The molecule has 2 aromatic rings. The summed E-state index contributed by atoms with van der Waals surface area (Å²) in [6.07, 6.45) is 0.853. The first-order chi connectivity index (χ1) is 13.9. The second kappa shape index (κ2) is 7.20. The molecule has 0 aromatic heterocycles. The van der Waals surface area contributed by atoms with E-state index in [0.717, 1.165) is 12.0 Å². The molecule has 2 aromatic carbocycles. The number of urea groups is 1. The van der Waals surface area contributed by atoms with Crippen molar-refractivity contribution in [2.45, 2.75) is 25.4 Å². The number of hydrogen-bond donors (Lipinski definition) is 2. The Hall–Kier alpha value is -3.42. The van der Waals surface area contributed by atoms with Crippen LogP contribution in [0.5, 0.6) is 5.75 Å². The number of nitrogens with one attached hydrogen (secondary N) is 2. The zero-order valence-electron chi connectivity index (χ0n) is 15.8. The van der Waals surface area contributed by atoms with Gasteiger partial charge in [-0.3, -0.25) is 14.9 Å². The van der Waals surface area contributed by atoms with Crippen molar-refractivity contribution in [3.8, 4) is 5.75 Å². The van der Waals surface area contributed by atoms with Gasteiger partial charge in [-0.2, -0.15) is 0 Å². The van der Waals surface area contributed by atoms with Gasteiger partial charge in [-0.15, -0.1) is 0 Å². The first kappa shape index (κ1) is 18.9. The molecule has 2 aliphatic rings. The summed E-state index contributed by atoms with van der Waals surface area (Å²) in [5, 5.41) is 4.85. The quantitative estimate of drug-likeness (QED) is 0.733. The van der Waals surface area contributed by atoms with Gasteiger partial charge in [0.25, 0.3) is 11.8 Å². The molecule has 2 heterocycles. The van der Waals surface area contributed by atoms with Crippen molar-refractivity contribution in [1.29, 1.82) is 0 Å². The van der Waals surface area contributed by atoms with E-state index in [4.69, 9.17) is 4.74 Å². The highest BCUT2D eigenvalue weighted by atomic mass is 19.1. The van der Waals surface area contributed by atoms with Gasteiger partial charge in [-0.1, -0.05) is 25.1 Å². The first-order valence-electron chi connectivity index (χ1n) is 9.37. The molecule has 1 saturated heterocycles. The zero-order valence-corrected chi connectivity index (χ0v) is 15.8. The number of halogens is 1. The Bertz CT molecular complexity index is 992. The maximum atomic E-state index is 13.4. The van der Waals surface area contributed by atoms with Crippen molar-refractivity contribution >= 4 is 17.8 Å². The predicted molar refractivity (Wildman–Crippen MR) is 102 cm³/mol. The molecule has 1 atom stereocenters. The fourth-order valence-electron chi connectivity index (χ4n) is 3.70. The molecule has 0 spiro atoms. The lowest BCUT2D eigenvalue weighted by molar-refractivity contribution is -0.124. The molecule has 0 radical (unpaired) electrons. The second-order valence-electron chi connectivity index (χ2n) is 7.15. The minimum atomic E-state index is -1.48. The van der Waals surface area contributed by atoms with Gasteiger partial charge < -0.3 is 15.0 Å². The van der Waals surface area contributed by atoms with Crippen LogP contribution in [0.25, 0.3) is 0 Å². The van der Waals surface area contributed by atoms with Crippen LogP contribution in [-0.4, -0.2) is 35.9 Å². The van der Waals surface area contributed by atoms with Crippen LogP contribution in [0.2, 0.25) is 0 Å². The van der Waals surface area contributed by atoms with Gasteiger partial charge in [-0.25, -0.2) is 9.18 Å². The maximum Gasteiger partial charge on any atom is 0.322 e. The molecule has 2 aliphatic heterocycles. The van der Waals surface area contributed by atoms with Crippen LogP contribution in [0.4, 0.5) is 9.18 Å². The van der Waals surface area contributed by atoms with Crippen molar-refractivity contribution in [3.05, 3.63) is 65.0 Å². The van der Waals surface area contributed by atoms with Crippen LogP contribution >= 0.6 is 0 Å². The van der Waals surface area contributed by atoms with Crippen LogP contribution in [0.1, 0.15) is 34.8 Å². The van der Waals surface area contributed by atoms with Crippen molar-refractivity contribution < 1.29 is 23.5 Å². The fourth-order valence-corrected chi connectivity index (χ4v) is 3.70. The number of rotatable bonds is 6. The Labute approximate surface area is 166 Å². The number of ether oxygens (including phenoxy) is 1. The molecular weight excluding hydrogens is 377 g/mol. The fraction of sp³-hybridized carbons (Fsp3) is 0.286. The summed E-state index contributed by atoms with van der Waals surface area (Å²) < 4.78 is 19.0. The SMILES string of the molecule is CCCOc1ccc2c(c1)C(=O)N(C[C@@]1(c3ccc(F)cc3)NC(=O)NC1=O)C2. The van der Waals surface area contributed by atoms with E-state index in [1.54, 1.807) is 6.07 Å². The number of fused-ring (bicyclic) bond motifs is 1. The van der Waals surface area contributed by atoms with E-state index >= 15 is 0 Å². The molecule has 8 heteroatoms. The molecule has 4 amide bonds. The number of carbonyl (C=O) groups is 3. The summed E-state index contributed by atoms with van der Waals surface area (Å²) in [6, 6.07) is 9.99. The molecule has 0 unspecified atom stereocenters. The average molecular weight is 397 g/mol. The average Bonchev–Trinajstić information content (AvgIpc) is 3.17. The van der Waals surface area contributed by atoms with Crippen LogP contribution in [-0.2, 0) is 16.9 Å². The van der Waals surface area contributed by atoms with E-state index in [1.807, 2.05) is 19.1 Å². The van der Waals surface area contributed by atoms with Gasteiger partial charge in [-0.05, 0) is 41.8 Å². The second-order valence-corrected chi connectivity index (χ2v) is 7.15. The summed E-state index contributed by atoms with van der Waals surface area (Å²) in [5.41, 5.74) is 0.248. The van der Waals surface area contributed by atoms with Gasteiger partial charge in [0.2, 0.25) is 0 Å². The predicted octanol–water partition coefficient (Wildman–Crippen LogP) is 2.31. The maximum absolute atomic E-state index is 13.4. The molecule has 29 heavy (non-hydrogen) atoms. The van der Waals surface area contributed by atoms with E-state index in [0.29, 0.717) is 30.0 Å². The van der Waals surface area contributed by atoms with Crippen LogP contribution in [0, 0.1) is 5.82 Å². The number of hydrogen-bond acceptors (Lipinski definition) is 4. The molecule has 4 rings (SSSR count). The molecule has 0 aliphatic carbocycles. The molecule has 150 valence electrons. The topological polar surface area (TPSA) is 87.7 Å². The minimum absolute atomic E-state index is 0.0745. The van der Waals surface area contributed by atoms with E-state index in [1.165, 1.54) is 29.2 Å². The molecular formula is C21H20FN3O4. The third-order valence-electron chi connectivity index (χ3n) is 5.14. The van der Waals surface area contributed by atoms with Crippen LogP contribution < -0.4 is 15.4 Å². The minimum Gasteiger partial charge on any atom is -0.494 e. The molecule has 2 N–H and O–H groups in total. The highest BCUT2D eigenvalue weighted by molar-refractivity contribution is 6.08. The van der Waals surface area contributed by atoms with Gasteiger partial charge in [0.15, 0.2) is 5.54 Å². The van der Waals surface area contributed by atoms with Gasteiger partial charge in [0.05, 0.1) is 13.2 Å². The standard InChI is InChI=1S/C21H20FN3O4/c1-2-9-29-16-8-3-13-11-25(18(26)17(13)10-16)12-21(19(27)23-20(28)24-21)14-4-6-15(22)7-5-14/h3-8,10H,2,9,11-12H2,1H3,(H2,23,24,27,28)/t21-/m0/s1. The number of benzene rings is 2. The number of amides is 4. The first-order valence-corrected chi connectivity index (χ1v) is 9.37. The summed E-state index contributed by atoms with van der Waals surface area (Å²) in [4.78, 5) is 39.1. The van der Waals surface area contributed by atoms with E-state index in [2.05, 4.69) is 10.6 Å². The monoisotopic (exact) mass is 397 g/mol. The third kappa shape index (κ3) is 3.30. The van der Waals surface area contributed by atoms with Crippen molar-refractivity contribution in [1.82, 2.24) is 15.5 Å². The molecule has 1 fully saturated rings. The lowest BCUT2D eigenvalue weighted by Crippen LogP contribution is -2.52. The van der Waals surface area contributed by atoms with Gasteiger partial charge >= 0.3 is 6.03 Å². The lowest BCUT2D eigenvalue weighted by atomic mass is 9.89. The van der Waals surface area contributed by atoms with E-state index < -0.39 is 23.3 Å². The van der Waals surface area contributed by atoms with Crippen molar-refractivity contribution in [2.24, 2.45) is 0 Å². The summed E-state index contributed by atoms with van der Waals surface area (Å²) in [6.45, 7) is 2.77. The Morgan fingerprint density at radius 3 is 2.55 bits per heavy atom. The number of imide groups is 1. The van der Waals surface area contributed by atoms with Crippen LogP contribution in [0.15, 0.2) is 42.5 Å². The number of carbonyl (C=O) groups excluding carboxylic acids is 3. The highest BCUT2D eigenvalue weighted by Gasteiger charge is 2.50. The zero-order chi connectivity index (χ0) is 20.6. The molecule has 7 nitrogen and oxygen atoms in total. The number of nitrogens with zero attached hydrogens (tertiary/aromatic N) is 1. The highest BCUT2D eigenvalue weighted by Crippen LogP contribution is 2.32. The van der Waals surface area contributed by atoms with Gasteiger partial charge in [0.1, 0.15) is 11.6 Å². The smallest absolute Gasteiger partial charge is 0.322 e. The Kier molecular flexibility index (Phi) is 4.70. The van der Waals surface area contributed by atoms with E-state index in [9.17, 15) is 18.8 Å². The van der Waals surface area contributed by atoms with Crippen molar-refractivity contribution in [3.63, 3.8) is 0 Å². The lowest BCUT2D eigenvalue weighted by Gasteiger charge is -2.31. The summed E-state index contributed by atoms with van der Waals surface area (Å²) >= 11 is 0. The largest absolute Gasteiger partial charge is 0.494 e. The van der Waals surface area contributed by atoms with Crippen molar-refractivity contribution in [2.75, 3.05) is 13.2 Å². The molecule has 0 bridgehead atoms. The Morgan fingerprint density at radius 2 is 1.90 bits per heavy atom. The third-order valence-corrected chi connectivity index (χ3v) is 5.14. The normalized spacial score (nSPS) is 20.5. The Morgan fingerprint density at radius 1 is 1.14 bits per heavy atom. The van der Waals surface area contributed by atoms with E-state index in [-0.39, 0.29) is 12.5 Å². The van der Waals surface area contributed by atoms with Gasteiger partial charge in [0, 0.05) is 12.1 Å². The van der Waals surface area contributed by atoms with Crippen LogP contribution in [0.3, 0.4) is 0 Å². The summed E-state index contributed by atoms with van der Waals surface area (Å²) in [5.74, 6) is -0.680. The molecule has 0 saturated carbocycles. The summed E-state index contributed by atoms with van der Waals surface area (Å²) in [7, 11) is 0. The Balaban J connectivity index is 1.63.